The molecule has 1 rings (SSSR count). The Morgan fingerprint density at radius 3 is 2.85 bits per heavy atom. The average molecular weight is 347 g/mol. The smallest absolute Gasteiger partial charge is 0.283 e. The van der Waals surface area contributed by atoms with Gasteiger partial charge in [-0.2, -0.15) is 5.10 Å². The molecule has 0 aliphatic carbocycles. The number of halogens is 1. The number of likely N-dealkylation sites (N-methyl/N-ethyl adjacent to an activating group) is 1. The van der Waals surface area contributed by atoms with E-state index in [2.05, 4.69) is 26.3 Å². The Morgan fingerprint density at radius 1 is 1.55 bits per heavy atom. The molecule has 0 saturated carbocycles. The summed E-state index contributed by atoms with van der Waals surface area (Å²) in [5.41, 5.74) is 0.573. The molecular weight excluding hydrogens is 324 g/mol. The molecule has 0 aromatic carbocycles. The van der Waals surface area contributed by atoms with Crippen LogP contribution in [0.25, 0.3) is 0 Å². The number of anilines is 1. The summed E-state index contributed by atoms with van der Waals surface area (Å²) in [5.74, 6) is 0. The zero-order valence-corrected chi connectivity index (χ0v) is 14.1. The van der Waals surface area contributed by atoms with Crippen LogP contribution in [0.4, 0.5) is 5.69 Å². The Kier molecular flexibility index (Phi) is 7.18. The molecular formula is C13H23BrN4O2. The van der Waals surface area contributed by atoms with E-state index in [0.29, 0.717) is 29.9 Å². The highest BCUT2D eigenvalue weighted by Crippen LogP contribution is 2.17. The van der Waals surface area contributed by atoms with Crippen molar-refractivity contribution in [2.75, 3.05) is 39.2 Å². The third-order valence-corrected chi connectivity index (χ3v) is 3.48. The Hall–Kier alpha value is -0.920. The second-order valence-electron chi connectivity index (χ2n) is 4.91. The van der Waals surface area contributed by atoms with E-state index in [1.807, 2.05) is 32.8 Å². The Bertz CT molecular complexity index is 476. The first-order valence-electron chi connectivity index (χ1n) is 6.70. The number of hydrogen-bond acceptors (Lipinski definition) is 5. The summed E-state index contributed by atoms with van der Waals surface area (Å²) in [5, 5.41) is 7.41. The molecule has 1 heterocycles. The van der Waals surface area contributed by atoms with Crippen LogP contribution in [0.5, 0.6) is 0 Å². The molecule has 1 aromatic heterocycles. The lowest BCUT2D eigenvalue weighted by molar-refractivity contribution is 0.141. The predicted molar refractivity (Wildman–Crippen MR) is 84.3 cm³/mol. The monoisotopic (exact) mass is 346 g/mol. The Labute approximate surface area is 128 Å². The van der Waals surface area contributed by atoms with Crippen molar-refractivity contribution in [1.29, 1.82) is 0 Å². The molecule has 0 spiro atoms. The minimum atomic E-state index is -0.125. The highest BCUT2D eigenvalue weighted by molar-refractivity contribution is 9.10. The van der Waals surface area contributed by atoms with E-state index in [0.717, 1.165) is 6.54 Å². The lowest BCUT2D eigenvalue weighted by atomic mass is 10.3. The van der Waals surface area contributed by atoms with Gasteiger partial charge in [0.05, 0.1) is 25.0 Å². The maximum absolute atomic E-state index is 12.2. The minimum absolute atomic E-state index is 0.116. The molecule has 0 bridgehead atoms. The van der Waals surface area contributed by atoms with Crippen molar-refractivity contribution in [3.8, 4) is 0 Å². The molecule has 0 aliphatic rings. The van der Waals surface area contributed by atoms with Gasteiger partial charge in [0, 0.05) is 19.2 Å². The van der Waals surface area contributed by atoms with Gasteiger partial charge in [-0.05, 0) is 43.9 Å². The van der Waals surface area contributed by atoms with Gasteiger partial charge in [0.15, 0.2) is 0 Å². The van der Waals surface area contributed by atoms with Crippen LogP contribution in [0.15, 0.2) is 15.5 Å². The van der Waals surface area contributed by atoms with Crippen molar-refractivity contribution >= 4 is 21.6 Å². The first-order chi connectivity index (χ1) is 9.45. The fraction of sp³-hybridized carbons (Fsp3) is 0.692. The van der Waals surface area contributed by atoms with Gasteiger partial charge in [0.2, 0.25) is 0 Å². The molecule has 7 heteroatoms. The van der Waals surface area contributed by atoms with E-state index in [9.17, 15) is 4.79 Å². The fourth-order valence-corrected chi connectivity index (χ4v) is 2.04. The average Bonchev–Trinajstić information content (AvgIpc) is 2.40. The third-order valence-electron chi connectivity index (χ3n) is 2.72. The molecule has 0 radical (unpaired) electrons. The van der Waals surface area contributed by atoms with Gasteiger partial charge in [-0.25, -0.2) is 4.68 Å². The lowest BCUT2D eigenvalue weighted by Crippen LogP contribution is -2.30. The van der Waals surface area contributed by atoms with Gasteiger partial charge < -0.3 is 15.0 Å². The standard InChI is InChI=1S/C13H23BrN4O2/c1-5-20-9-10(2)16-11-8-15-18(7-6-17(3)4)13(19)12(11)14/h8,10,16H,5-7,9H2,1-4H3. The normalized spacial score (nSPS) is 12.7. The van der Waals surface area contributed by atoms with E-state index >= 15 is 0 Å². The molecule has 1 atom stereocenters. The van der Waals surface area contributed by atoms with Crippen molar-refractivity contribution in [3.63, 3.8) is 0 Å². The SMILES string of the molecule is CCOCC(C)Nc1cnn(CCN(C)C)c(=O)c1Br. The molecule has 1 N–H and O–H groups in total. The largest absolute Gasteiger partial charge is 0.380 e. The molecule has 1 unspecified atom stereocenters. The summed E-state index contributed by atoms with van der Waals surface area (Å²) in [4.78, 5) is 14.2. The number of hydrogen-bond donors (Lipinski definition) is 1. The Morgan fingerprint density at radius 2 is 2.25 bits per heavy atom. The molecule has 0 saturated heterocycles. The first kappa shape index (κ1) is 17.1. The van der Waals surface area contributed by atoms with Crippen molar-refractivity contribution < 1.29 is 4.74 Å². The summed E-state index contributed by atoms with van der Waals surface area (Å²) in [7, 11) is 3.93. The highest BCUT2D eigenvalue weighted by Gasteiger charge is 2.11. The van der Waals surface area contributed by atoms with Crippen LogP contribution in [0.2, 0.25) is 0 Å². The van der Waals surface area contributed by atoms with Gasteiger partial charge in [0.1, 0.15) is 4.47 Å². The molecule has 0 amide bonds. The molecule has 6 nitrogen and oxygen atoms in total. The van der Waals surface area contributed by atoms with Gasteiger partial charge in [-0.3, -0.25) is 4.79 Å². The van der Waals surface area contributed by atoms with Crippen LogP contribution in [0.3, 0.4) is 0 Å². The first-order valence-corrected chi connectivity index (χ1v) is 7.49. The van der Waals surface area contributed by atoms with Crippen LogP contribution >= 0.6 is 15.9 Å². The number of rotatable bonds is 8. The quantitative estimate of drug-likeness (QED) is 0.771. The number of nitrogens with zero attached hydrogens (tertiary/aromatic N) is 3. The molecule has 114 valence electrons. The molecule has 20 heavy (non-hydrogen) atoms. The lowest BCUT2D eigenvalue weighted by Gasteiger charge is -2.17. The minimum Gasteiger partial charge on any atom is -0.380 e. The van der Waals surface area contributed by atoms with Gasteiger partial charge >= 0.3 is 0 Å². The second-order valence-corrected chi connectivity index (χ2v) is 5.70. The zero-order chi connectivity index (χ0) is 15.1. The van der Waals surface area contributed by atoms with E-state index in [1.165, 1.54) is 4.68 Å². The van der Waals surface area contributed by atoms with Crippen LogP contribution in [-0.4, -0.2) is 54.6 Å². The predicted octanol–water partition coefficient (Wildman–Crippen LogP) is 1.40. The summed E-state index contributed by atoms with van der Waals surface area (Å²) < 4.78 is 7.31. The van der Waals surface area contributed by atoms with Crippen LogP contribution in [-0.2, 0) is 11.3 Å². The van der Waals surface area contributed by atoms with E-state index in [1.54, 1.807) is 6.20 Å². The van der Waals surface area contributed by atoms with Crippen molar-refractivity contribution in [2.24, 2.45) is 0 Å². The third kappa shape index (κ3) is 5.22. The van der Waals surface area contributed by atoms with Gasteiger partial charge in [-0.1, -0.05) is 0 Å². The molecule has 1 aromatic rings. The number of aromatic nitrogens is 2. The van der Waals surface area contributed by atoms with Crippen molar-refractivity contribution in [2.45, 2.75) is 26.4 Å². The Balaban J connectivity index is 2.75. The van der Waals surface area contributed by atoms with Crippen molar-refractivity contribution in [1.82, 2.24) is 14.7 Å². The number of ether oxygens (including phenoxy) is 1. The second kappa shape index (κ2) is 8.39. The van der Waals surface area contributed by atoms with Crippen LogP contribution in [0, 0.1) is 0 Å². The molecule has 0 aliphatic heterocycles. The molecule has 0 fully saturated rings. The number of nitrogens with one attached hydrogen (secondary N) is 1. The summed E-state index contributed by atoms with van der Waals surface area (Å²) in [6.45, 7) is 6.56. The van der Waals surface area contributed by atoms with E-state index in [-0.39, 0.29) is 11.6 Å². The maximum atomic E-state index is 12.2. The van der Waals surface area contributed by atoms with Gasteiger partial charge in [0.25, 0.3) is 5.56 Å². The van der Waals surface area contributed by atoms with Crippen LogP contribution < -0.4 is 10.9 Å². The highest BCUT2D eigenvalue weighted by atomic mass is 79.9. The van der Waals surface area contributed by atoms with Crippen molar-refractivity contribution in [3.05, 3.63) is 21.0 Å². The zero-order valence-electron chi connectivity index (χ0n) is 12.5. The summed E-state index contributed by atoms with van der Waals surface area (Å²) in [6.07, 6.45) is 1.67. The van der Waals surface area contributed by atoms with Crippen LogP contribution in [0.1, 0.15) is 13.8 Å². The van der Waals surface area contributed by atoms with E-state index in [4.69, 9.17) is 4.74 Å². The maximum Gasteiger partial charge on any atom is 0.283 e. The fourth-order valence-electron chi connectivity index (χ4n) is 1.62. The summed E-state index contributed by atoms with van der Waals surface area (Å²) in [6, 6.07) is 0.116. The van der Waals surface area contributed by atoms with Gasteiger partial charge in [-0.15, -0.1) is 0 Å². The topological polar surface area (TPSA) is 59.4 Å². The van der Waals surface area contributed by atoms with E-state index < -0.39 is 0 Å². The summed E-state index contributed by atoms with van der Waals surface area (Å²) >= 11 is 3.34.